The van der Waals surface area contributed by atoms with Crippen LogP contribution in [0.3, 0.4) is 0 Å². The third-order valence-corrected chi connectivity index (χ3v) is 8.89. The predicted octanol–water partition coefficient (Wildman–Crippen LogP) is 10.1. The smallest absolute Gasteiger partial charge is 0.305 e. The molecular weight excluding hydrogens is 576 g/mol. The molecule has 0 saturated heterocycles. The van der Waals surface area contributed by atoms with Crippen molar-refractivity contribution in [1.82, 2.24) is 10.2 Å². The van der Waals surface area contributed by atoms with Gasteiger partial charge in [0.05, 0.1) is 13.1 Å². The summed E-state index contributed by atoms with van der Waals surface area (Å²) in [6.45, 7) is 6.52. The van der Waals surface area contributed by atoms with Crippen molar-refractivity contribution in [3.8, 4) is 0 Å². The standard InChI is InChI=1S/C39H76N2O5/c1-4-6-8-10-12-14-16-18-20-22-26-30-38(43)45-35-33-41(37(42)29-25-24-28-32-40-3)34-36-46-39(44)31-27-23-21-19-17-15-13-11-9-7-5-2/h40H,4-36H2,1-3H3. The summed E-state index contributed by atoms with van der Waals surface area (Å²) in [5.74, 6) is -0.338. The van der Waals surface area contributed by atoms with E-state index < -0.39 is 0 Å². The molecular formula is C39H76N2O5. The van der Waals surface area contributed by atoms with Crippen molar-refractivity contribution < 1.29 is 23.9 Å². The zero-order valence-electron chi connectivity index (χ0n) is 30.8. The van der Waals surface area contributed by atoms with Crippen LogP contribution >= 0.6 is 0 Å². The van der Waals surface area contributed by atoms with Crippen LogP contribution in [0.25, 0.3) is 0 Å². The van der Waals surface area contributed by atoms with Crippen molar-refractivity contribution in [2.45, 2.75) is 194 Å². The van der Waals surface area contributed by atoms with Gasteiger partial charge in [-0.2, -0.15) is 0 Å². The molecule has 0 aliphatic carbocycles. The van der Waals surface area contributed by atoms with Gasteiger partial charge in [0.15, 0.2) is 0 Å². The fourth-order valence-corrected chi connectivity index (χ4v) is 5.82. The molecule has 7 nitrogen and oxygen atoms in total. The van der Waals surface area contributed by atoms with Crippen LogP contribution in [-0.2, 0) is 23.9 Å². The number of nitrogens with zero attached hydrogens (tertiary/aromatic N) is 1. The number of hydrogen-bond acceptors (Lipinski definition) is 6. The van der Waals surface area contributed by atoms with Crippen LogP contribution in [0.4, 0.5) is 0 Å². The molecule has 0 saturated carbocycles. The molecule has 0 fully saturated rings. The number of rotatable bonds is 36. The zero-order chi connectivity index (χ0) is 33.8. The minimum atomic E-state index is -0.186. The van der Waals surface area contributed by atoms with E-state index in [1.807, 2.05) is 7.05 Å². The van der Waals surface area contributed by atoms with Crippen molar-refractivity contribution in [2.24, 2.45) is 0 Å². The largest absolute Gasteiger partial charge is 0.464 e. The van der Waals surface area contributed by atoms with Gasteiger partial charge in [-0.1, -0.05) is 149 Å². The van der Waals surface area contributed by atoms with E-state index in [0.717, 1.165) is 51.5 Å². The lowest BCUT2D eigenvalue weighted by Gasteiger charge is -2.22. The van der Waals surface area contributed by atoms with E-state index in [1.165, 1.54) is 116 Å². The maximum Gasteiger partial charge on any atom is 0.305 e. The fraction of sp³-hybridized carbons (Fsp3) is 0.923. The topological polar surface area (TPSA) is 84.9 Å². The van der Waals surface area contributed by atoms with Crippen molar-refractivity contribution >= 4 is 17.8 Å². The second-order valence-electron chi connectivity index (χ2n) is 13.3. The van der Waals surface area contributed by atoms with Gasteiger partial charge in [-0.15, -0.1) is 0 Å². The Morgan fingerprint density at radius 1 is 0.457 bits per heavy atom. The molecule has 1 N–H and O–H groups in total. The molecule has 0 aromatic heterocycles. The van der Waals surface area contributed by atoms with Gasteiger partial charge in [-0.25, -0.2) is 0 Å². The Morgan fingerprint density at radius 2 is 0.783 bits per heavy atom. The van der Waals surface area contributed by atoms with Gasteiger partial charge in [0.2, 0.25) is 5.91 Å². The molecule has 1 amide bonds. The number of carbonyl (C=O) groups is 3. The number of amides is 1. The molecule has 0 spiro atoms. The molecule has 0 aromatic rings. The van der Waals surface area contributed by atoms with E-state index in [-0.39, 0.29) is 31.1 Å². The maximum atomic E-state index is 12.9. The summed E-state index contributed by atoms with van der Waals surface area (Å²) < 4.78 is 10.9. The van der Waals surface area contributed by atoms with Crippen LogP contribution < -0.4 is 5.32 Å². The number of esters is 2. The van der Waals surface area contributed by atoms with Gasteiger partial charge in [0.1, 0.15) is 13.2 Å². The second-order valence-corrected chi connectivity index (χ2v) is 13.3. The van der Waals surface area contributed by atoms with Crippen molar-refractivity contribution in [2.75, 3.05) is 39.9 Å². The first-order valence-electron chi connectivity index (χ1n) is 19.8. The number of carbonyl (C=O) groups excluding carboxylic acids is 3. The zero-order valence-corrected chi connectivity index (χ0v) is 30.8. The Labute approximate surface area is 285 Å². The minimum Gasteiger partial charge on any atom is -0.464 e. The molecule has 0 aliphatic heterocycles. The van der Waals surface area contributed by atoms with E-state index in [2.05, 4.69) is 19.2 Å². The monoisotopic (exact) mass is 653 g/mol. The molecule has 7 heteroatoms. The van der Waals surface area contributed by atoms with Gasteiger partial charge in [0.25, 0.3) is 0 Å². The maximum absolute atomic E-state index is 12.9. The lowest BCUT2D eigenvalue weighted by atomic mass is 10.1. The Hall–Kier alpha value is -1.63. The normalized spacial score (nSPS) is 11.1. The van der Waals surface area contributed by atoms with Gasteiger partial charge in [-0.05, 0) is 39.3 Å². The van der Waals surface area contributed by atoms with E-state index in [1.54, 1.807) is 4.90 Å². The Bertz CT molecular complexity index is 643. The van der Waals surface area contributed by atoms with Crippen LogP contribution in [0.2, 0.25) is 0 Å². The lowest BCUT2D eigenvalue weighted by Crippen LogP contribution is -2.37. The van der Waals surface area contributed by atoms with E-state index in [9.17, 15) is 14.4 Å². The average molecular weight is 653 g/mol. The lowest BCUT2D eigenvalue weighted by molar-refractivity contribution is -0.147. The fourth-order valence-electron chi connectivity index (χ4n) is 5.82. The Morgan fingerprint density at radius 3 is 1.15 bits per heavy atom. The highest BCUT2D eigenvalue weighted by Gasteiger charge is 2.15. The molecule has 0 heterocycles. The third kappa shape index (κ3) is 32.3. The highest BCUT2D eigenvalue weighted by atomic mass is 16.5. The van der Waals surface area contributed by atoms with Crippen molar-refractivity contribution in [3.63, 3.8) is 0 Å². The molecule has 0 aliphatic rings. The Balaban J connectivity index is 4.14. The highest BCUT2D eigenvalue weighted by Crippen LogP contribution is 2.14. The van der Waals surface area contributed by atoms with Crippen LogP contribution in [0.1, 0.15) is 194 Å². The van der Waals surface area contributed by atoms with Crippen LogP contribution in [-0.4, -0.2) is 62.6 Å². The summed E-state index contributed by atoms with van der Waals surface area (Å²) in [4.78, 5) is 39.2. The summed E-state index contributed by atoms with van der Waals surface area (Å²) in [6.07, 6.45) is 31.6. The van der Waals surface area contributed by atoms with Crippen LogP contribution in [0.5, 0.6) is 0 Å². The van der Waals surface area contributed by atoms with Crippen molar-refractivity contribution in [1.29, 1.82) is 0 Å². The third-order valence-electron chi connectivity index (χ3n) is 8.89. The van der Waals surface area contributed by atoms with Crippen LogP contribution in [0.15, 0.2) is 0 Å². The first-order chi connectivity index (χ1) is 22.5. The Kier molecular flexibility index (Phi) is 34.9. The first-order valence-corrected chi connectivity index (χ1v) is 19.8. The summed E-state index contributed by atoms with van der Waals surface area (Å²) >= 11 is 0. The quantitative estimate of drug-likeness (QED) is 0.0536. The molecule has 0 aromatic carbocycles. The van der Waals surface area contributed by atoms with Crippen LogP contribution in [0, 0.1) is 0 Å². The van der Waals surface area contributed by atoms with Gasteiger partial charge in [-0.3, -0.25) is 14.4 Å². The molecule has 0 radical (unpaired) electrons. The molecule has 46 heavy (non-hydrogen) atoms. The van der Waals surface area contributed by atoms with E-state index in [0.29, 0.717) is 32.4 Å². The number of ether oxygens (including phenoxy) is 2. The molecule has 272 valence electrons. The predicted molar refractivity (Wildman–Crippen MR) is 193 cm³/mol. The SMILES string of the molecule is CCCCCCCCCCCCCC(=O)OCCN(CCOC(=O)CCCCCCCCCCCCC)C(=O)CCCCCNC. The summed E-state index contributed by atoms with van der Waals surface area (Å²) in [6, 6.07) is 0. The first kappa shape index (κ1) is 44.4. The molecule has 0 unspecified atom stereocenters. The number of hydrogen-bond donors (Lipinski definition) is 1. The molecule has 0 atom stereocenters. The highest BCUT2D eigenvalue weighted by molar-refractivity contribution is 5.76. The number of nitrogens with one attached hydrogen (secondary N) is 1. The minimum absolute atomic E-state index is 0.0345. The summed E-state index contributed by atoms with van der Waals surface area (Å²) in [7, 11) is 1.93. The second kappa shape index (κ2) is 36.2. The van der Waals surface area contributed by atoms with Gasteiger partial charge < -0.3 is 19.7 Å². The molecule has 0 bridgehead atoms. The van der Waals surface area contributed by atoms with Crippen molar-refractivity contribution in [3.05, 3.63) is 0 Å². The van der Waals surface area contributed by atoms with Gasteiger partial charge >= 0.3 is 11.9 Å². The average Bonchev–Trinajstić information content (AvgIpc) is 3.05. The van der Waals surface area contributed by atoms with Gasteiger partial charge in [0, 0.05) is 19.3 Å². The van der Waals surface area contributed by atoms with E-state index in [4.69, 9.17) is 9.47 Å². The number of unbranched alkanes of at least 4 members (excludes halogenated alkanes) is 22. The molecule has 0 rings (SSSR count). The summed E-state index contributed by atoms with van der Waals surface area (Å²) in [5, 5.41) is 3.14. The summed E-state index contributed by atoms with van der Waals surface area (Å²) in [5.41, 5.74) is 0. The van der Waals surface area contributed by atoms with E-state index >= 15 is 0 Å².